The average molecular weight is 260 g/mol. The van der Waals surface area contributed by atoms with Gasteiger partial charge in [-0.2, -0.15) is 0 Å². The largest absolute Gasteiger partial charge is 0.399 e. The van der Waals surface area contributed by atoms with Gasteiger partial charge in [0, 0.05) is 25.4 Å². The quantitative estimate of drug-likeness (QED) is 0.849. The Morgan fingerprint density at radius 3 is 2.74 bits per heavy atom. The van der Waals surface area contributed by atoms with Gasteiger partial charge in [-0.25, -0.2) is 0 Å². The predicted octanol–water partition coefficient (Wildman–Crippen LogP) is 2.63. The van der Waals surface area contributed by atoms with Gasteiger partial charge in [0.15, 0.2) is 0 Å². The number of benzene rings is 1. The number of hydrogen-bond acceptors (Lipinski definition) is 3. The van der Waals surface area contributed by atoms with Crippen molar-refractivity contribution in [2.45, 2.75) is 37.7 Å². The van der Waals surface area contributed by atoms with Crippen molar-refractivity contribution in [2.24, 2.45) is 0 Å². The lowest BCUT2D eigenvalue weighted by Gasteiger charge is -2.34. The van der Waals surface area contributed by atoms with Crippen LogP contribution in [0.1, 0.15) is 37.2 Å². The second kappa shape index (κ2) is 5.93. The maximum absolute atomic E-state index is 5.77. The molecule has 2 fully saturated rings. The van der Waals surface area contributed by atoms with Crippen LogP contribution in [0.2, 0.25) is 0 Å². The fraction of sp³-hybridized carbons (Fsp3) is 0.625. The average Bonchev–Trinajstić information content (AvgIpc) is 2.93. The molecular formula is C16H24N2O. The zero-order chi connectivity index (χ0) is 13.1. The molecule has 3 nitrogen and oxygen atoms in total. The Balaban J connectivity index is 1.59. The van der Waals surface area contributed by atoms with Crippen molar-refractivity contribution >= 4 is 5.69 Å². The van der Waals surface area contributed by atoms with Gasteiger partial charge < -0.3 is 15.4 Å². The number of rotatable bonds is 3. The molecular weight excluding hydrogens is 236 g/mol. The summed E-state index contributed by atoms with van der Waals surface area (Å²) in [6.07, 6.45) is 5.54. The normalized spacial score (nSPS) is 28.6. The number of likely N-dealkylation sites (tertiary alicyclic amines) is 1. The molecule has 0 aromatic heterocycles. The molecule has 2 atom stereocenters. The van der Waals surface area contributed by atoms with E-state index in [2.05, 4.69) is 17.0 Å². The monoisotopic (exact) mass is 260 g/mol. The van der Waals surface area contributed by atoms with Crippen molar-refractivity contribution < 1.29 is 4.74 Å². The van der Waals surface area contributed by atoms with E-state index in [1.807, 2.05) is 12.1 Å². The molecule has 3 heteroatoms. The van der Waals surface area contributed by atoms with E-state index < -0.39 is 0 Å². The van der Waals surface area contributed by atoms with Gasteiger partial charge in [0.1, 0.15) is 0 Å². The molecule has 2 aliphatic heterocycles. The molecule has 0 amide bonds. The van der Waals surface area contributed by atoms with Gasteiger partial charge in [-0.1, -0.05) is 12.1 Å². The third-order valence-corrected chi connectivity index (χ3v) is 4.40. The van der Waals surface area contributed by atoms with Gasteiger partial charge in [0.05, 0.1) is 6.10 Å². The highest BCUT2D eigenvalue weighted by Crippen LogP contribution is 2.28. The molecule has 2 heterocycles. The number of nitrogens with zero attached hydrogens (tertiary/aromatic N) is 1. The van der Waals surface area contributed by atoms with Crippen LogP contribution in [0.25, 0.3) is 0 Å². The molecule has 0 spiro atoms. The maximum Gasteiger partial charge on any atom is 0.0702 e. The van der Waals surface area contributed by atoms with E-state index in [0.29, 0.717) is 12.0 Å². The summed E-state index contributed by atoms with van der Waals surface area (Å²) in [6, 6.07) is 8.42. The molecule has 104 valence electrons. The Hall–Kier alpha value is -1.06. The highest BCUT2D eigenvalue weighted by atomic mass is 16.5. The molecule has 2 N–H and O–H groups in total. The minimum Gasteiger partial charge on any atom is -0.399 e. The minimum absolute atomic E-state index is 0.477. The molecule has 0 saturated carbocycles. The molecule has 19 heavy (non-hydrogen) atoms. The van der Waals surface area contributed by atoms with Crippen LogP contribution in [0.4, 0.5) is 5.69 Å². The van der Waals surface area contributed by atoms with Crippen LogP contribution in [-0.2, 0) is 4.74 Å². The Morgan fingerprint density at radius 2 is 2.00 bits per heavy atom. The fourth-order valence-corrected chi connectivity index (χ4v) is 3.34. The summed E-state index contributed by atoms with van der Waals surface area (Å²) in [5.41, 5.74) is 8.06. The van der Waals surface area contributed by atoms with Crippen molar-refractivity contribution in [1.82, 2.24) is 4.90 Å². The summed E-state index contributed by atoms with van der Waals surface area (Å²) in [7, 11) is 0. The van der Waals surface area contributed by atoms with Crippen LogP contribution in [0.15, 0.2) is 24.3 Å². The van der Waals surface area contributed by atoms with Gasteiger partial charge in [0.2, 0.25) is 0 Å². The van der Waals surface area contributed by atoms with Crippen LogP contribution in [-0.4, -0.2) is 37.2 Å². The summed E-state index contributed by atoms with van der Waals surface area (Å²) in [5, 5.41) is 0. The second-order valence-corrected chi connectivity index (χ2v) is 5.90. The lowest BCUT2D eigenvalue weighted by atomic mass is 9.90. The third-order valence-electron chi connectivity index (χ3n) is 4.40. The molecule has 2 saturated heterocycles. The number of hydrogen-bond donors (Lipinski definition) is 1. The Bertz CT molecular complexity index is 398. The number of ether oxygens (including phenoxy) is 1. The summed E-state index contributed by atoms with van der Waals surface area (Å²) in [5.74, 6) is 0.663. The number of anilines is 1. The summed E-state index contributed by atoms with van der Waals surface area (Å²) in [4.78, 5) is 2.58. The zero-order valence-electron chi connectivity index (χ0n) is 11.6. The highest BCUT2D eigenvalue weighted by molar-refractivity contribution is 5.40. The Labute approximate surface area is 115 Å². The molecule has 2 aliphatic rings. The maximum atomic E-state index is 5.77. The van der Waals surface area contributed by atoms with Crippen LogP contribution in [0.5, 0.6) is 0 Å². The Kier molecular flexibility index (Phi) is 4.04. The highest BCUT2D eigenvalue weighted by Gasteiger charge is 2.25. The van der Waals surface area contributed by atoms with Crippen molar-refractivity contribution in [3.8, 4) is 0 Å². The number of piperidine rings is 1. The van der Waals surface area contributed by atoms with E-state index in [1.54, 1.807) is 0 Å². The topological polar surface area (TPSA) is 38.5 Å². The van der Waals surface area contributed by atoms with Crippen LogP contribution in [0.3, 0.4) is 0 Å². The minimum atomic E-state index is 0.477. The second-order valence-electron chi connectivity index (χ2n) is 5.90. The Morgan fingerprint density at radius 1 is 1.16 bits per heavy atom. The number of nitrogen functional groups attached to an aromatic ring is 1. The van der Waals surface area contributed by atoms with Gasteiger partial charge in [-0.3, -0.25) is 0 Å². The molecule has 1 aromatic rings. The summed E-state index contributed by atoms with van der Waals surface area (Å²) in [6.45, 7) is 4.47. The first kappa shape index (κ1) is 12.9. The fourth-order valence-electron chi connectivity index (χ4n) is 3.34. The van der Waals surface area contributed by atoms with E-state index >= 15 is 0 Å². The van der Waals surface area contributed by atoms with E-state index in [9.17, 15) is 0 Å². The molecule has 2 unspecified atom stereocenters. The van der Waals surface area contributed by atoms with E-state index in [4.69, 9.17) is 10.5 Å². The van der Waals surface area contributed by atoms with Crippen LogP contribution < -0.4 is 5.73 Å². The zero-order valence-corrected chi connectivity index (χ0v) is 11.6. The van der Waals surface area contributed by atoms with E-state index in [0.717, 1.165) is 18.8 Å². The molecule has 3 rings (SSSR count). The lowest BCUT2D eigenvalue weighted by molar-refractivity contribution is 0.0632. The first-order valence-electron chi connectivity index (χ1n) is 7.50. The molecule has 0 aliphatic carbocycles. The first-order chi connectivity index (χ1) is 9.31. The van der Waals surface area contributed by atoms with Crippen molar-refractivity contribution in [1.29, 1.82) is 0 Å². The predicted molar refractivity (Wildman–Crippen MR) is 78.2 cm³/mol. The SMILES string of the molecule is Nc1ccc(C2CCCN(CC3CCCO3)C2)cc1. The lowest BCUT2D eigenvalue weighted by Crippen LogP contribution is -2.39. The standard InChI is InChI=1S/C16H24N2O/c17-15-7-5-13(6-8-15)14-3-1-9-18(11-14)12-16-4-2-10-19-16/h5-8,14,16H,1-4,9-12,17H2. The van der Waals surface area contributed by atoms with E-state index in [1.165, 1.54) is 44.3 Å². The van der Waals surface area contributed by atoms with Crippen molar-refractivity contribution in [2.75, 3.05) is 32.0 Å². The molecule has 0 radical (unpaired) electrons. The summed E-state index contributed by atoms with van der Waals surface area (Å²) >= 11 is 0. The smallest absolute Gasteiger partial charge is 0.0702 e. The first-order valence-corrected chi connectivity index (χ1v) is 7.50. The van der Waals surface area contributed by atoms with Crippen LogP contribution in [0, 0.1) is 0 Å². The molecule has 1 aromatic carbocycles. The van der Waals surface area contributed by atoms with Crippen LogP contribution >= 0.6 is 0 Å². The van der Waals surface area contributed by atoms with E-state index in [-0.39, 0.29) is 0 Å². The van der Waals surface area contributed by atoms with Gasteiger partial charge in [-0.05, 0) is 55.8 Å². The van der Waals surface area contributed by atoms with Crippen molar-refractivity contribution in [3.63, 3.8) is 0 Å². The van der Waals surface area contributed by atoms with Gasteiger partial charge in [-0.15, -0.1) is 0 Å². The van der Waals surface area contributed by atoms with Gasteiger partial charge in [0.25, 0.3) is 0 Å². The third kappa shape index (κ3) is 3.28. The summed E-state index contributed by atoms with van der Waals surface area (Å²) < 4.78 is 5.75. The van der Waals surface area contributed by atoms with Crippen molar-refractivity contribution in [3.05, 3.63) is 29.8 Å². The van der Waals surface area contributed by atoms with Gasteiger partial charge >= 0.3 is 0 Å². The number of nitrogens with two attached hydrogens (primary N) is 1. The molecule has 0 bridgehead atoms.